The summed E-state index contributed by atoms with van der Waals surface area (Å²) in [5, 5.41) is 0. The lowest BCUT2D eigenvalue weighted by Gasteiger charge is -2.42. The number of carbonyl (C=O) groups is 1. The van der Waals surface area contributed by atoms with Crippen LogP contribution in [0.2, 0.25) is 0 Å². The molecular formula is C35H47N5O5S. The Labute approximate surface area is 275 Å². The minimum Gasteiger partial charge on any atom is -0.497 e. The van der Waals surface area contributed by atoms with Gasteiger partial charge < -0.3 is 28.6 Å². The van der Waals surface area contributed by atoms with Crippen LogP contribution in [0.15, 0.2) is 59.9 Å². The van der Waals surface area contributed by atoms with Crippen LogP contribution in [-0.4, -0.2) is 100.0 Å². The molecule has 2 aromatic heterocycles. The highest BCUT2D eigenvalue weighted by molar-refractivity contribution is 7.82. The number of hydrogen-bond acceptors (Lipinski definition) is 7. The summed E-state index contributed by atoms with van der Waals surface area (Å²) in [5.74, 6) is 0.725. The molecule has 2 atom stereocenters. The van der Waals surface area contributed by atoms with Gasteiger partial charge >= 0.3 is 0 Å². The molecule has 2 unspecified atom stereocenters. The van der Waals surface area contributed by atoms with Gasteiger partial charge in [0.2, 0.25) is 5.91 Å². The Hall–Kier alpha value is -3.09. The lowest BCUT2D eigenvalue weighted by molar-refractivity contribution is -0.145. The maximum absolute atomic E-state index is 14.1. The number of ether oxygens (including phenoxy) is 3. The molecule has 3 aliphatic rings. The lowest BCUT2D eigenvalue weighted by atomic mass is 9.85. The standard InChI is InChI=1S/C35H47N5O5S/c1-27-22-30(43-3)23-28(2)34(27)46(42)40-19-18-38-15-7-9-31(38)32(40)25-44-26-33(41)39-16-10-35(11-17-39,29-8-6-12-36-24-29)45-21-20-37-13-4-5-14-37/h6-9,12,15,22-24,32H,4-5,10-11,13-14,16-21,25-26H2,1-3H3. The second-order valence-electron chi connectivity index (χ2n) is 12.7. The minimum atomic E-state index is -1.41. The molecule has 0 saturated carbocycles. The van der Waals surface area contributed by atoms with Crippen molar-refractivity contribution in [2.24, 2.45) is 0 Å². The summed E-state index contributed by atoms with van der Waals surface area (Å²) in [6, 6.07) is 11.7. The Bertz CT molecular complexity index is 1480. The Morgan fingerprint density at radius 2 is 1.78 bits per heavy atom. The molecule has 0 radical (unpaired) electrons. The van der Waals surface area contributed by atoms with Crippen LogP contribution in [0.4, 0.5) is 0 Å². The van der Waals surface area contributed by atoms with E-state index in [0.717, 1.165) is 59.2 Å². The molecule has 10 nitrogen and oxygen atoms in total. The van der Waals surface area contributed by atoms with Gasteiger partial charge in [-0.25, -0.2) is 8.51 Å². The predicted molar refractivity (Wildman–Crippen MR) is 177 cm³/mol. The minimum absolute atomic E-state index is 0.0199. The highest BCUT2D eigenvalue weighted by Gasteiger charge is 2.39. The molecule has 46 heavy (non-hydrogen) atoms. The summed E-state index contributed by atoms with van der Waals surface area (Å²) in [6.07, 6.45) is 9.70. The van der Waals surface area contributed by atoms with Gasteiger partial charge in [0.1, 0.15) is 23.3 Å². The van der Waals surface area contributed by atoms with Crippen molar-refractivity contribution in [1.29, 1.82) is 0 Å². The predicted octanol–water partition coefficient (Wildman–Crippen LogP) is 4.23. The highest BCUT2D eigenvalue weighted by atomic mass is 32.2. The van der Waals surface area contributed by atoms with E-state index in [0.29, 0.717) is 39.1 Å². The van der Waals surface area contributed by atoms with E-state index in [1.165, 1.54) is 12.8 Å². The van der Waals surface area contributed by atoms with Gasteiger partial charge in [0.15, 0.2) is 0 Å². The van der Waals surface area contributed by atoms with E-state index in [2.05, 4.69) is 26.6 Å². The summed E-state index contributed by atoms with van der Waals surface area (Å²) in [6.45, 7) is 10.6. The van der Waals surface area contributed by atoms with E-state index in [-0.39, 0.29) is 25.2 Å². The number of piperidine rings is 1. The molecule has 1 aromatic carbocycles. The van der Waals surface area contributed by atoms with E-state index in [4.69, 9.17) is 14.2 Å². The normalized spacial score (nSPS) is 20.8. The SMILES string of the molecule is COc1cc(C)c(S(=O)N2CCn3cccc3C2COCC(=O)N2CCC(OCCN3CCCC3)(c3cccnc3)CC2)c(C)c1. The van der Waals surface area contributed by atoms with Crippen LogP contribution < -0.4 is 4.74 Å². The molecule has 0 spiro atoms. The van der Waals surface area contributed by atoms with Crippen molar-refractivity contribution < 1.29 is 23.2 Å². The molecule has 2 saturated heterocycles. The molecule has 2 fully saturated rings. The number of methoxy groups -OCH3 is 1. The number of hydrogen-bond donors (Lipinski definition) is 0. The van der Waals surface area contributed by atoms with Crippen molar-refractivity contribution in [2.45, 2.75) is 62.6 Å². The summed E-state index contributed by atoms with van der Waals surface area (Å²) in [7, 11) is 0.235. The third-order valence-corrected chi connectivity index (χ3v) is 11.6. The summed E-state index contributed by atoms with van der Waals surface area (Å²) in [4.78, 5) is 22.9. The number of rotatable bonds is 12. The van der Waals surface area contributed by atoms with E-state index in [1.54, 1.807) is 13.3 Å². The molecule has 3 aromatic rings. The van der Waals surface area contributed by atoms with Crippen molar-refractivity contribution in [1.82, 2.24) is 23.7 Å². The molecule has 0 aliphatic carbocycles. The Kier molecular flexibility index (Phi) is 10.5. The third kappa shape index (κ3) is 7.08. The maximum atomic E-state index is 14.1. The summed E-state index contributed by atoms with van der Waals surface area (Å²) >= 11 is 0. The second-order valence-corrected chi connectivity index (χ2v) is 14.0. The molecule has 0 N–H and O–H groups in total. The molecule has 248 valence electrons. The summed E-state index contributed by atoms with van der Waals surface area (Å²) in [5.41, 5.74) is 3.54. The average Bonchev–Trinajstić information content (AvgIpc) is 3.78. The van der Waals surface area contributed by atoms with Gasteiger partial charge in [0.05, 0.1) is 36.9 Å². The van der Waals surface area contributed by atoms with Crippen molar-refractivity contribution in [2.75, 3.05) is 66.2 Å². The first kappa shape index (κ1) is 32.8. The number of aromatic nitrogens is 2. The Morgan fingerprint density at radius 1 is 1.02 bits per heavy atom. The molecule has 0 bridgehead atoms. The van der Waals surface area contributed by atoms with Gasteiger partial charge in [0.25, 0.3) is 0 Å². The number of carbonyl (C=O) groups excluding carboxylic acids is 1. The zero-order valence-corrected chi connectivity index (χ0v) is 28.2. The molecular weight excluding hydrogens is 602 g/mol. The molecule has 6 rings (SSSR count). The van der Waals surface area contributed by atoms with E-state index < -0.39 is 16.6 Å². The van der Waals surface area contributed by atoms with Gasteiger partial charge in [0, 0.05) is 62.6 Å². The fourth-order valence-corrected chi connectivity index (χ4v) is 8.77. The lowest BCUT2D eigenvalue weighted by Crippen LogP contribution is -2.48. The number of pyridine rings is 1. The maximum Gasteiger partial charge on any atom is 0.248 e. The average molecular weight is 650 g/mol. The largest absolute Gasteiger partial charge is 0.497 e. The number of fused-ring (bicyclic) bond motifs is 1. The van der Waals surface area contributed by atoms with E-state index in [9.17, 15) is 9.00 Å². The highest BCUT2D eigenvalue weighted by Crippen LogP contribution is 2.37. The van der Waals surface area contributed by atoms with Crippen LogP contribution in [0.1, 0.15) is 54.1 Å². The van der Waals surface area contributed by atoms with Crippen molar-refractivity contribution in [3.8, 4) is 5.75 Å². The van der Waals surface area contributed by atoms with Crippen LogP contribution in [-0.2, 0) is 37.4 Å². The van der Waals surface area contributed by atoms with Crippen LogP contribution in [0.25, 0.3) is 0 Å². The van der Waals surface area contributed by atoms with Gasteiger partial charge in [-0.2, -0.15) is 0 Å². The second kappa shape index (κ2) is 14.8. The van der Waals surface area contributed by atoms with Crippen molar-refractivity contribution >= 4 is 16.9 Å². The topological polar surface area (TPSA) is 89.4 Å². The van der Waals surface area contributed by atoms with Crippen LogP contribution >= 0.6 is 0 Å². The van der Waals surface area contributed by atoms with E-state index >= 15 is 0 Å². The van der Waals surface area contributed by atoms with Gasteiger partial charge in [-0.3, -0.25) is 9.78 Å². The molecule has 3 aliphatic heterocycles. The van der Waals surface area contributed by atoms with Crippen LogP contribution in [0, 0.1) is 13.8 Å². The molecule has 11 heteroatoms. The van der Waals surface area contributed by atoms with Crippen LogP contribution in [0.3, 0.4) is 0 Å². The number of nitrogens with zero attached hydrogens (tertiary/aromatic N) is 5. The quantitative estimate of drug-likeness (QED) is 0.290. The number of aryl methyl sites for hydroxylation is 2. The monoisotopic (exact) mass is 649 g/mol. The Morgan fingerprint density at radius 3 is 2.48 bits per heavy atom. The fourth-order valence-electron chi connectivity index (χ4n) is 7.22. The number of benzene rings is 1. The van der Waals surface area contributed by atoms with Gasteiger partial charge in [-0.1, -0.05) is 6.07 Å². The third-order valence-electron chi connectivity index (χ3n) is 9.77. The molecule has 1 amide bonds. The van der Waals surface area contributed by atoms with Crippen molar-refractivity contribution in [3.05, 3.63) is 77.4 Å². The Balaban J connectivity index is 1.08. The van der Waals surface area contributed by atoms with Gasteiger partial charge in [-0.05, 0) is 94.1 Å². The number of amides is 1. The first-order valence-electron chi connectivity index (χ1n) is 16.5. The number of likely N-dealkylation sites (tertiary alicyclic amines) is 2. The first-order chi connectivity index (χ1) is 22.4. The zero-order chi connectivity index (χ0) is 32.1. The summed E-state index contributed by atoms with van der Waals surface area (Å²) < 4.78 is 36.5. The van der Waals surface area contributed by atoms with Gasteiger partial charge in [-0.15, -0.1) is 0 Å². The fraction of sp³-hybridized carbons (Fsp3) is 0.543. The molecule has 5 heterocycles. The van der Waals surface area contributed by atoms with Crippen molar-refractivity contribution in [3.63, 3.8) is 0 Å². The smallest absolute Gasteiger partial charge is 0.248 e. The zero-order valence-electron chi connectivity index (χ0n) is 27.4. The van der Waals surface area contributed by atoms with Crippen LogP contribution in [0.5, 0.6) is 5.75 Å². The van der Waals surface area contributed by atoms with E-state index in [1.807, 2.05) is 59.7 Å². The first-order valence-corrected chi connectivity index (χ1v) is 17.6.